The predicted octanol–water partition coefficient (Wildman–Crippen LogP) is 3.75. The molecule has 5 nitrogen and oxygen atoms in total. The molecule has 1 spiro atoms. The number of nitriles is 1. The molecule has 0 aromatic heterocycles. The normalized spacial score (nSPS) is 18.0. The maximum atomic E-state index is 12.7. The Morgan fingerprint density at radius 2 is 1.72 bits per heavy atom. The first-order valence-electron chi connectivity index (χ1n) is 10.2. The van der Waals surface area contributed by atoms with E-state index >= 15 is 0 Å². The van der Waals surface area contributed by atoms with Crippen LogP contribution < -0.4 is 5.32 Å². The van der Waals surface area contributed by atoms with Gasteiger partial charge in [0.1, 0.15) is 6.04 Å². The fourth-order valence-corrected chi connectivity index (χ4v) is 4.08. The van der Waals surface area contributed by atoms with Crippen molar-refractivity contribution in [1.82, 2.24) is 10.2 Å². The maximum Gasteiger partial charge on any atom is 0.251 e. The van der Waals surface area contributed by atoms with Crippen LogP contribution in [0.2, 0.25) is 0 Å². The highest BCUT2D eigenvalue weighted by Gasteiger charge is 2.45. The van der Waals surface area contributed by atoms with E-state index in [1.165, 1.54) is 12.8 Å². The first-order valence-corrected chi connectivity index (χ1v) is 10.2. The second-order valence-electron chi connectivity index (χ2n) is 8.29. The van der Waals surface area contributed by atoms with E-state index in [0.717, 1.165) is 37.1 Å². The van der Waals surface area contributed by atoms with Gasteiger partial charge >= 0.3 is 0 Å². The van der Waals surface area contributed by atoms with Gasteiger partial charge in [0.15, 0.2) is 0 Å². The van der Waals surface area contributed by atoms with Crippen LogP contribution in [0.15, 0.2) is 48.5 Å². The smallest absolute Gasteiger partial charge is 0.251 e. The molecule has 2 aliphatic rings. The largest absolute Gasteiger partial charge is 0.341 e. The van der Waals surface area contributed by atoms with E-state index in [0.29, 0.717) is 16.5 Å². The molecule has 2 aromatic carbocycles. The molecule has 29 heavy (non-hydrogen) atoms. The lowest BCUT2D eigenvalue weighted by atomic mass is 9.93. The number of likely N-dealkylation sites (tertiary alicyclic amines) is 1. The van der Waals surface area contributed by atoms with E-state index < -0.39 is 6.04 Å². The second-order valence-corrected chi connectivity index (χ2v) is 8.29. The van der Waals surface area contributed by atoms with Crippen LogP contribution >= 0.6 is 0 Å². The van der Waals surface area contributed by atoms with Gasteiger partial charge < -0.3 is 10.2 Å². The molecule has 4 rings (SSSR count). The Morgan fingerprint density at radius 3 is 2.34 bits per heavy atom. The van der Waals surface area contributed by atoms with Gasteiger partial charge in [0.25, 0.3) is 5.91 Å². The number of carbonyl (C=O) groups excluding carboxylic acids is 2. The Kier molecular flexibility index (Phi) is 5.10. The van der Waals surface area contributed by atoms with Crippen molar-refractivity contribution in [3.63, 3.8) is 0 Å². The molecule has 1 saturated carbocycles. The Hall–Kier alpha value is -3.13. The molecule has 1 heterocycles. The molecule has 5 heteroatoms. The summed E-state index contributed by atoms with van der Waals surface area (Å²) in [6, 6.07) is 16.2. The number of piperidine rings is 1. The minimum Gasteiger partial charge on any atom is -0.341 e. The lowest BCUT2D eigenvalue weighted by molar-refractivity contribution is -0.134. The summed E-state index contributed by atoms with van der Waals surface area (Å²) in [6.07, 6.45) is 4.79. The van der Waals surface area contributed by atoms with E-state index in [4.69, 9.17) is 5.26 Å². The standard InChI is InChI=1S/C24H25N3O2/c1-17(23(29)27-13-11-24(9-10-24)12-14-27)26-22(28)20-7-5-19(6-8-20)21-4-2-3-18(15-21)16-25/h2-8,15,17H,9-14H2,1H3,(H,26,28)/t17-/m1/s1. The monoisotopic (exact) mass is 387 g/mol. The van der Waals surface area contributed by atoms with E-state index in [-0.39, 0.29) is 11.8 Å². The van der Waals surface area contributed by atoms with Crippen molar-refractivity contribution in [2.24, 2.45) is 5.41 Å². The first kappa shape index (κ1) is 19.2. The van der Waals surface area contributed by atoms with Gasteiger partial charge in [0.2, 0.25) is 5.91 Å². The van der Waals surface area contributed by atoms with Crippen LogP contribution in [0.3, 0.4) is 0 Å². The average molecular weight is 387 g/mol. The average Bonchev–Trinajstić information content (AvgIpc) is 3.52. The topological polar surface area (TPSA) is 73.2 Å². The van der Waals surface area contributed by atoms with Crippen LogP contribution in [-0.4, -0.2) is 35.8 Å². The van der Waals surface area contributed by atoms with Crippen molar-refractivity contribution >= 4 is 11.8 Å². The van der Waals surface area contributed by atoms with Crippen LogP contribution in [0.5, 0.6) is 0 Å². The van der Waals surface area contributed by atoms with Gasteiger partial charge in [-0.3, -0.25) is 9.59 Å². The number of rotatable bonds is 4. The van der Waals surface area contributed by atoms with Gasteiger partial charge in [-0.05, 0) is 73.4 Å². The molecule has 2 fully saturated rings. The van der Waals surface area contributed by atoms with E-state index in [2.05, 4.69) is 11.4 Å². The van der Waals surface area contributed by atoms with Gasteiger partial charge in [-0.2, -0.15) is 5.26 Å². The summed E-state index contributed by atoms with van der Waals surface area (Å²) in [5, 5.41) is 11.9. The third-order valence-electron chi connectivity index (χ3n) is 6.28. The molecule has 2 aromatic rings. The fraction of sp³-hybridized carbons (Fsp3) is 0.375. The van der Waals surface area contributed by atoms with Crippen molar-refractivity contribution in [1.29, 1.82) is 5.26 Å². The highest BCUT2D eigenvalue weighted by Crippen LogP contribution is 2.53. The van der Waals surface area contributed by atoms with Crippen LogP contribution in [0.25, 0.3) is 11.1 Å². The van der Waals surface area contributed by atoms with Crippen molar-refractivity contribution in [2.45, 2.75) is 38.6 Å². The van der Waals surface area contributed by atoms with Gasteiger partial charge in [-0.15, -0.1) is 0 Å². The summed E-state index contributed by atoms with van der Waals surface area (Å²) in [4.78, 5) is 27.1. The zero-order valence-corrected chi connectivity index (χ0v) is 16.6. The van der Waals surface area contributed by atoms with E-state index in [9.17, 15) is 9.59 Å². The lowest BCUT2D eigenvalue weighted by Crippen LogP contribution is -2.49. The molecular weight excluding hydrogens is 362 g/mol. The Morgan fingerprint density at radius 1 is 1.03 bits per heavy atom. The molecular formula is C24H25N3O2. The third-order valence-corrected chi connectivity index (χ3v) is 6.28. The van der Waals surface area contributed by atoms with Crippen LogP contribution in [0, 0.1) is 16.7 Å². The minimum absolute atomic E-state index is 0.00112. The number of benzene rings is 2. The summed E-state index contributed by atoms with van der Waals surface area (Å²) in [7, 11) is 0. The minimum atomic E-state index is -0.539. The third kappa shape index (κ3) is 4.17. The summed E-state index contributed by atoms with van der Waals surface area (Å²) in [5.74, 6) is -0.252. The van der Waals surface area contributed by atoms with Crippen molar-refractivity contribution in [2.75, 3.05) is 13.1 Å². The summed E-state index contributed by atoms with van der Waals surface area (Å²) in [6.45, 7) is 3.36. The quantitative estimate of drug-likeness (QED) is 0.868. The van der Waals surface area contributed by atoms with Gasteiger partial charge in [0, 0.05) is 18.7 Å². The van der Waals surface area contributed by atoms with Gasteiger partial charge in [-0.25, -0.2) is 0 Å². The Labute approximate surface area is 171 Å². The zero-order chi connectivity index (χ0) is 20.4. The number of amides is 2. The Bertz CT molecular complexity index is 960. The molecule has 0 bridgehead atoms. The molecule has 2 amide bonds. The molecule has 148 valence electrons. The fourth-order valence-electron chi connectivity index (χ4n) is 4.08. The molecule has 1 aliphatic heterocycles. The van der Waals surface area contributed by atoms with E-state index in [1.54, 1.807) is 25.1 Å². The molecule has 0 radical (unpaired) electrons. The zero-order valence-electron chi connectivity index (χ0n) is 16.6. The molecule has 1 aliphatic carbocycles. The summed E-state index contributed by atoms with van der Waals surface area (Å²) < 4.78 is 0. The number of nitrogens with zero attached hydrogens (tertiary/aromatic N) is 2. The van der Waals surface area contributed by atoms with Crippen LogP contribution in [-0.2, 0) is 4.79 Å². The first-order chi connectivity index (χ1) is 14.0. The van der Waals surface area contributed by atoms with Crippen molar-refractivity contribution in [3.05, 3.63) is 59.7 Å². The lowest BCUT2D eigenvalue weighted by Gasteiger charge is -2.33. The molecule has 1 atom stereocenters. The molecule has 1 N–H and O–H groups in total. The summed E-state index contributed by atoms with van der Waals surface area (Å²) >= 11 is 0. The van der Waals surface area contributed by atoms with Gasteiger partial charge in [-0.1, -0.05) is 24.3 Å². The maximum absolute atomic E-state index is 12.7. The number of carbonyl (C=O) groups is 2. The number of hydrogen-bond donors (Lipinski definition) is 1. The number of hydrogen-bond acceptors (Lipinski definition) is 3. The van der Waals surface area contributed by atoms with Crippen molar-refractivity contribution < 1.29 is 9.59 Å². The molecule has 0 unspecified atom stereocenters. The molecule has 1 saturated heterocycles. The second kappa shape index (κ2) is 7.71. The summed E-state index contributed by atoms with van der Waals surface area (Å²) in [5.41, 5.74) is 3.50. The predicted molar refractivity (Wildman–Crippen MR) is 111 cm³/mol. The Balaban J connectivity index is 1.36. The highest BCUT2D eigenvalue weighted by molar-refractivity contribution is 5.97. The number of nitrogens with one attached hydrogen (secondary N) is 1. The van der Waals surface area contributed by atoms with Crippen LogP contribution in [0.1, 0.15) is 48.5 Å². The van der Waals surface area contributed by atoms with E-state index in [1.807, 2.05) is 35.2 Å². The van der Waals surface area contributed by atoms with Crippen molar-refractivity contribution in [3.8, 4) is 17.2 Å². The van der Waals surface area contributed by atoms with Crippen LogP contribution in [0.4, 0.5) is 0 Å². The highest BCUT2D eigenvalue weighted by atomic mass is 16.2. The van der Waals surface area contributed by atoms with Gasteiger partial charge in [0.05, 0.1) is 11.6 Å². The SMILES string of the molecule is C[C@@H](NC(=O)c1ccc(-c2cccc(C#N)c2)cc1)C(=O)N1CCC2(CC1)CC2.